The quantitative estimate of drug-likeness (QED) is 0.422. The number of aromatic hydroxyl groups is 1. The highest BCUT2D eigenvalue weighted by molar-refractivity contribution is 7.92. The molecular weight excluding hydrogens is 493 g/mol. The van der Waals surface area contributed by atoms with Crippen molar-refractivity contribution in [3.8, 4) is 5.75 Å². The van der Waals surface area contributed by atoms with E-state index in [1.54, 1.807) is 36.4 Å². The third-order valence-electron chi connectivity index (χ3n) is 5.51. The highest BCUT2D eigenvalue weighted by Crippen LogP contribution is 2.39. The lowest BCUT2D eigenvalue weighted by molar-refractivity contribution is 0.477. The lowest BCUT2D eigenvalue weighted by Gasteiger charge is -2.13. The number of nitrogens with zero attached hydrogens (tertiary/aromatic N) is 2. The average molecular weight is 512 g/mol. The summed E-state index contributed by atoms with van der Waals surface area (Å²) in [5.41, 5.74) is 1.11. The number of nitrogens with one attached hydrogen (secondary N) is 1. The Morgan fingerprint density at radius 3 is 2.34 bits per heavy atom. The van der Waals surface area contributed by atoms with Crippen LogP contribution in [0.25, 0.3) is 10.8 Å². The van der Waals surface area contributed by atoms with Crippen molar-refractivity contribution >= 4 is 42.2 Å². The zero-order valence-electron chi connectivity index (χ0n) is 18.2. The SMILES string of the molecule is CS(=O)(=O)Nc1cccc2c1S(=O)(=O)N=C2c1nc(Cc2ccc(F)cc2)c2ccccc2c1O. The Morgan fingerprint density at radius 1 is 0.971 bits per heavy atom. The molecule has 1 aliphatic heterocycles. The molecule has 0 fully saturated rings. The third-order valence-corrected chi connectivity index (χ3v) is 7.48. The number of hydrogen-bond donors (Lipinski definition) is 2. The Morgan fingerprint density at radius 2 is 1.66 bits per heavy atom. The minimum atomic E-state index is -4.28. The molecule has 1 aliphatic rings. The van der Waals surface area contributed by atoms with Crippen molar-refractivity contribution in [2.75, 3.05) is 11.0 Å². The van der Waals surface area contributed by atoms with Gasteiger partial charge in [0.1, 0.15) is 22.1 Å². The fourth-order valence-corrected chi connectivity index (χ4v) is 6.07. The van der Waals surface area contributed by atoms with Crippen LogP contribution in [0.1, 0.15) is 22.5 Å². The van der Waals surface area contributed by atoms with E-state index in [2.05, 4.69) is 14.1 Å². The number of aromatic nitrogens is 1. The molecule has 0 saturated carbocycles. The van der Waals surface area contributed by atoms with Gasteiger partial charge in [-0.3, -0.25) is 4.72 Å². The van der Waals surface area contributed by atoms with Crippen molar-refractivity contribution in [2.45, 2.75) is 11.3 Å². The van der Waals surface area contributed by atoms with Crippen molar-refractivity contribution < 1.29 is 26.3 Å². The van der Waals surface area contributed by atoms with Crippen molar-refractivity contribution in [3.63, 3.8) is 0 Å². The minimum absolute atomic E-state index is 0.0559. The zero-order valence-corrected chi connectivity index (χ0v) is 19.9. The van der Waals surface area contributed by atoms with Crippen LogP contribution in [0.2, 0.25) is 0 Å². The largest absolute Gasteiger partial charge is 0.505 e. The number of sulfonamides is 2. The highest BCUT2D eigenvalue weighted by atomic mass is 32.2. The average Bonchev–Trinajstić information content (AvgIpc) is 3.07. The summed E-state index contributed by atoms with van der Waals surface area (Å²) in [6.07, 6.45) is 1.20. The van der Waals surface area contributed by atoms with Gasteiger partial charge in [-0.2, -0.15) is 12.8 Å². The van der Waals surface area contributed by atoms with Crippen LogP contribution in [0.15, 0.2) is 76.0 Å². The zero-order chi connectivity index (χ0) is 25.0. The van der Waals surface area contributed by atoms with Gasteiger partial charge in [0, 0.05) is 22.8 Å². The van der Waals surface area contributed by atoms with Crippen LogP contribution in [0.3, 0.4) is 0 Å². The fraction of sp³-hybridized carbons (Fsp3) is 0.0833. The first-order valence-corrected chi connectivity index (χ1v) is 13.7. The Kier molecular flexibility index (Phi) is 5.33. The van der Waals surface area contributed by atoms with Crippen LogP contribution in [0.5, 0.6) is 5.75 Å². The first-order valence-electron chi connectivity index (χ1n) is 10.3. The molecule has 35 heavy (non-hydrogen) atoms. The second-order valence-corrected chi connectivity index (χ2v) is 11.4. The van der Waals surface area contributed by atoms with E-state index in [9.17, 15) is 26.3 Å². The summed E-state index contributed by atoms with van der Waals surface area (Å²) in [6, 6.07) is 17.2. The van der Waals surface area contributed by atoms with Gasteiger partial charge in [0.05, 0.1) is 17.6 Å². The van der Waals surface area contributed by atoms with Crippen LogP contribution in [0.4, 0.5) is 10.1 Å². The minimum Gasteiger partial charge on any atom is -0.505 e. The molecule has 0 atom stereocenters. The molecule has 3 aromatic carbocycles. The van der Waals surface area contributed by atoms with Gasteiger partial charge in [0.25, 0.3) is 10.0 Å². The fourth-order valence-electron chi connectivity index (χ4n) is 4.08. The van der Waals surface area contributed by atoms with E-state index in [0.29, 0.717) is 16.5 Å². The van der Waals surface area contributed by atoms with Crippen LogP contribution < -0.4 is 4.72 Å². The van der Waals surface area contributed by atoms with E-state index in [1.165, 1.54) is 30.3 Å². The van der Waals surface area contributed by atoms with E-state index >= 15 is 0 Å². The molecule has 1 aromatic heterocycles. The van der Waals surface area contributed by atoms with Crippen LogP contribution in [-0.4, -0.2) is 38.9 Å². The molecule has 0 radical (unpaired) electrons. The summed E-state index contributed by atoms with van der Waals surface area (Å²) < 4.78 is 68.9. The molecule has 0 aliphatic carbocycles. The summed E-state index contributed by atoms with van der Waals surface area (Å²) in [4.78, 5) is 4.28. The second-order valence-electron chi connectivity index (χ2n) is 8.08. The lowest BCUT2D eigenvalue weighted by atomic mass is 9.98. The molecule has 178 valence electrons. The predicted molar refractivity (Wildman–Crippen MR) is 130 cm³/mol. The van der Waals surface area contributed by atoms with Gasteiger partial charge in [0.2, 0.25) is 10.0 Å². The van der Waals surface area contributed by atoms with Gasteiger partial charge < -0.3 is 5.11 Å². The van der Waals surface area contributed by atoms with E-state index in [0.717, 1.165) is 11.8 Å². The summed E-state index contributed by atoms with van der Waals surface area (Å²) in [6.45, 7) is 0. The van der Waals surface area contributed by atoms with E-state index < -0.39 is 20.0 Å². The number of halogens is 1. The van der Waals surface area contributed by atoms with Crippen molar-refractivity contribution in [3.05, 3.63) is 95.1 Å². The summed E-state index contributed by atoms with van der Waals surface area (Å²) in [7, 11) is -8.05. The van der Waals surface area contributed by atoms with Gasteiger partial charge in [-0.25, -0.2) is 17.8 Å². The number of rotatable bonds is 5. The van der Waals surface area contributed by atoms with Gasteiger partial charge in [-0.15, -0.1) is 0 Å². The maximum Gasteiger partial charge on any atom is 0.285 e. The van der Waals surface area contributed by atoms with Crippen LogP contribution in [-0.2, 0) is 26.5 Å². The summed E-state index contributed by atoms with van der Waals surface area (Å²) in [5, 5.41) is 12.2. The standard InChI is InChI=1S/C24H18FN3O5S2/c1-34(30,31)27-19-8-4-7-18-21(28-35(32,33)24(18)19)22-23(29)17-6-3-2-5-16(17)20(26-22)13-14-9-11-15(25)12-10-14/h2-12,27,29H,13H2,1H3. The molecule has 5 rings (SSSR count). The Bertz CT molecular complexity index is 1750. The topological polar surface area (TPSA) is 126 Å². The molecule has 2 N–H and O–H groups in total. The molecule has 0 bridgehead atoms. The maximum absolute atomic E-state index is 13.4. The van der Waals surface area contributed by atoms with Gasteiger partial charge in [-0.1, -0.05) is 48.5 Å². The third kappa shape index (κ3) is 4.24. The van der Waals surface area contributed by atoms with Gasteiger partial charge in [0.15, 0.2) is 5.75 Å². The lowest BCUT2D eigenvalue weighted by Crippen LogP contribution is -2.13. The molecule has 2 heterocycles. The normalized spacial score (nSPS) is 14.5. The first-order chi connectivity index (χ1) is 16.5. The second kappa shape index (κ2) is 8.14. The van der Waals surface area contributed by atoms with Gasteiger partial charge in [-0.05, 0) is 23.8 Å². The molecule has 0 spiro atoms. The number of fused-ring (bicyclic) bond motifs is 2. The van der Waals surface area contributed by atoms with Gasteiger partial charge >= 0.3 is 0 Å². The number of hydrogen-bond acceptors (Lipinski definition) is 6. The highest BCUT2D eigenvalue weighted by Gasteiger charge is 2.35. The monoisotopic (exact) mass is 511 g/mol. The van der Waals surface area contributed by atoms with Crippen LogP contribution >= 0.6 is 0 Å². The van der Waals surface area contributed by atoms with E-state index in [4.69, 9.17) is 0 Å². The predicted octanol–water partition coefficient (Wildman–Crippen LogP) is 3.58. The molecular formula is C24H18FN3O5S2. The summed E-state index contributed by atoms with van der Waals surface area (Å²) in [5.74, 6) is -0.634. The molecule has 11 heteroatoms. The number of anilines is 1. The van der Waals surface area contributed by atoms with Crippen LogP contribution in [0, 0.1) is 5.82 Å². The number of pyridine rings is 1. The number of benzene rings is 3. The Labute approximate surface area is 200 Å². The summed E-state index contributed by atoms with van der Waals surface area (Å²) >= 11 is 0. The van der Waals surface area contributed by atoms with Crippen molar-refractivity contribution in [1.29, 1.82) is 0 Å². The van der Waals surface area contributed by atoms with Crippen molar-refractivity contribution in [2.24, 2.45) is 4.40 Å². The molecule has 0 amide bonds. The maximum atomic E-state index is 13.4. The molecule has 0 saturated heterocycles. The van der Waals surface area contributed by atoms with E-state index in [-0.39, 0.29) is 45.5 Å². The smallest absolute Gasteiger partial charge is 0.285 e. The molecule has 8 nitrogen and oxygen atoms in total. The Balaban J connectivity index is 1.72. The molecule has 4 aromatic rings. The van der Waals surface area contributed by atoms with Crippen molar-refractivity contribution in [1.82, 2.24) is 4.98 Å². The first kappa shape index (κ1) is 22.9. The molecule has 0 unspecified atom stereocenters. The Hall–Kier alpha value is -3.83. The van der Waals surface area contributed by atoms with E-state index in [1.807, 2.05) is 0 Å².